The minimum Gasteiger partial charge on any atom is -0.356 e. The first-order valence-corrected chi connectivity index (χ1v) is 9.17. The van der Waals surface area contributed by atoms with Crippen molar-refractivity contribution in [1.82, 2.24) is 25.3 Å². The van der Waals surface area contributed by atoms with E-state index in [1.54, 1.807) is 0 Å². The van der Waals surface area contributed by atoms with E-state index in [0.29, 0.717) is 0 Å². The van der Waals surface area contributed by atoms with Gasteiger partial charge in [0.1, 0.15) is 0 Å². The quantitative estimate of drug-likeness (QED) is 0.295. The molecule has 0 unspecified atom stereocenters. The zero-order chi connectivity index (χ0) is 17.5. The summed E-state index contributed by atoms with van der Waals surface area (Å²) in [4.78, 5) is 6.90. The molecule has 2 rings (SSSR count). The van der Waals surface area contributed by atoms with Crippen LogP contribution < -0.4 is 10.6 Å². The molecule has 6 nitrogen and oxygen atoms in total. The summed E-state index contributed by atoms with van der Waals surface area (Å²) in [5, 5.41) is 11.3. The first-order chi connectivity index (χ1) is 11.5. The van der Waals surface area contributed by atoms with Gasteiger partial charge in [-0.15, -0.1) is 24.0 Å². The van der Waals surface area contributed by atoms with Crippen LogP contribution >= 0.6 is 24.0 Å². The molecule has 7 heteroatoms. The molecule has 1 aliphatic heterocycles. The lowest BCUT2D eigenvalue weighted by Crippen LogP contribution is -2.39. The zero-order valence-corrected chi connectivity index (χ0v) is 18.8. The van der Waals surface area contributed by atoms with E-state index in [0.717, 1.165) is 37.1 Å². The Morgan fingerprint density at radius 3 is 2.48 bits per heavy atom. The monoisotopic (exact) mass is 462 g/mol. The van der Waals surface area contributed by atoms with Crippen molar-refractivity contribution < 1.29 is 0 Å². The molecular weight excluding hydrogens is 427 g/mol. The van der Waals surface area contributed by atoms with Crippen LogP contribution in [0.5, 0.6) is 0 Å². The van der Waals surface area contributed by atoms with Crippen molar-refractivity contribution in [3.8, 4) is 0 Å². The molecule has 1 aromatic rings. The number of guanidine groups is 1. The minimum atomic E-state index is 0. The molecule has 1 aliphatic rings. The first-order valence-electron chi connectivity index (χ1n) is 9.17. The van der Waals surface area contributed by atoms with Gasteiger partial charge in [0.15, 0.2) is 5.96 Å². The predicted molar refractivity (Wildman–Crippen MR) is 116 cm³/mol. The smallest absolute Gasteiger partial charge is 0.191 e. The average molecular weight is 462 g/mol. The van der Waals surface area contributed by atoms with E-state index >= 15 is 0 Å². The fraction of sp³-hybridized carbons (Fsp3) is 0.778. The number of aryl methyl sites for hydroxylation is 2. The molecule has 0 spiro atoms. The van der Waals surface area contributed by atoms with Crippen LogP contribution in [0.15, 0.2) is 4.99 Å². The Balaban J connectivity index is 0.00000312. The van der Waals surface area contributed by atoms with E-state index in [4.69, 9.17) is 0 Å². The summed E-state index contributed by atoms with van der Waals surface area (Å²) in [6.07, 6.45) is 3.85. The summed E-state index contributed by atoms with van der Waals surface area (Å²) < 4.78 is 1.93. The van der Waals surface area contributed by atoms with Gasteiger partial charge in [-0.25, -0.2) is 0 Å². The Labute approximate surface area is 169 Å². The van der Waals surface area contributed by atoms with Crippen molar-refractivity contribution >= 4 is 29.9 Å². The molecule has 2 N–H and O–H groups in total. The van der Waals surface area contributed by atoms with E-state index in [9.17, 15) is 0 Å². The fourth-order valence-corrected chi connectivity index (χ4v) is 3.26. The van der Waals surface area contributed by atoms with Crippen LogP contribution in [-0.4, -0.2) is 53.9 Å². The van der Waals surface area contributed by atoms with Gasteiger partial charge in [0.05, 0.1) is 5.69 Å². The van der Waals surface area contributed by atoms with E-state index in [1.165, 1.54) is 43.7 Å². The molecule has 0 amide bonds. The Morgan fingerprint density at radius 1 is 1.24 bits per heavy atom. The molecule has 0 atom stereocenters. The SMILES string of the molecule is CN=C(NCCCN1CCC(C)CC1)NCc1c(C)nn(C)c1C.I. The van der Waals surface area contributed by atoms with Crippen LogP contribution in [0.25, 0.3) is 0 Å². The second kappa shape index (κ2) is 11.0. The topological polar surface area (TPSA) is 57.5 Å². The third-order valence-corrected chi connectivity index (χ3v) is 5.13. The third kappa shape index (κ3) is 6.77. The Bertz CT molecular complexity index is 546. The van der Waals surface area contributed by atoms with Crippen molar-refractivity contribution in [3.05, 3.63) is 17.0 Å². The number of hydrogen-bond acceptors (Lipinski definition) is 3. The number of aliphatic imine (C=N–C) groups is 1. The van der Waals surface area contributed by atoms with Crippen molar-refractivity contribution in [2.24, 2.45) is 18.0 Å². The molecule has 0 radical (unpaired) electrons. The van der Waals surface area contributed by atoms with Crippen LogP contribution in [-0.2, 0) is 13.6 Å². The number of piperidine rings is 1. The summed E-state index contributed by atoms with van der Waals surface area (Å²) >= 11 is 0. The van der Waals surface area contributed by atoms with Gasteiger partial charge in [0.25, 0.3) is 0 Å². The fourth-order valence-electron chi connectivity index (χ4n) is 3.26. The number of rotatable bonds is 6. The summed E-state index contributed by atoms with van der Waals surface area (Å²) in [5.41, 5.74) is 3.54. The highest BCUT2D eigenvalue weighted by atomic mass is 127. The van der Waals surface area contributed by atoms with Crippen LogP contribution in [0.4, 0.5) is 0 Å². The standard InChI is InChI=1S/C18H34N6.HI/c1-14-7-11-24(12-8-14)10-6-9-20-18(19-4)21-13-17-15(2)22-23(5)16(17)3;/h14H,6-13H2,1-5H3,(H2,19,20,21);1H. The number of nitrogens with zero attached hydrogens (tertiary/aromatic N) is 4. The highest BCUT2D eigenvalue weighted by molar-refractivity contribution is 14.0. The Hall–Kier alpha value is -0.830. The summed E-state index contributed by atoms with van der Waals surface area (Å²) in [5.74, 6) is 1.77. The molecular formula is C18H35IN6. The van der Waals surface area contributed by atoms with Crippen molar-refractivity contribution in [2.75, 3.05) is 33.2 Å². The van der Waals surface area contributed by atoms with Gasteiger partial charge in [0.2, 0.25) is 0 Å². The van der Waals surface area contributed by atoms with E-state index in [-0.39, 0.29) is 24.0 Å². The van der Waals surface area contributed by atoms with Crippen molar-refractivity contribution in [3.63, 3.8) is 0 Å². The summed E-state index contributed by atoms with van der Waals surface area (Å²) in [7, 11) is 3.81. The van der Waals surface area contributed by atoms with Gasteiger partial charge >= 0.3 is 0 Å². The third-order valence-electron chi connectivity index (χ3n) is 5.13. The maximum Gasteiger partial charge on any atom is 0.191 e. The van der Waals surface area contributed by atoms with Crippen molar-refractivity contribution in [2.45, 2.75) is 46.6 Å². The number of likely N-dealkylation sites (tertiary alicyclic amines) is 1. The molecule has 1 saturated heterocycles. The highest BCUT2D eigenvalue weighted by Crippen LogP contribution is 2.15. The van der Waals surface area contributed by atoms with Crippen LogP contribution in [0.1, 0.15) is 43.1 Å². The Kier molecular flexibility index (Phi) is 9.78. The molecule has 0 bridgehead atoms. The van der Waals surface area contributed by atoms with Gasteiger partial charge in [-0.3, -0.25) is 9.67 Å². The number of halogens is 1. The average Bonchev–Trinajstić information content (AvgIpc) is 2.81. The number of aromatic nitrogens is 2. The lowest BCUT2D eigenvalue weighted by atomic mass is 9.99. The van der Waals surface area contributed by atoms with Crippen LogP contribution in [0, 0.1) is 19.8 Å². The molecule has 1 fully saturated rings. The number of nitrogens with one attached hydrogen (secondary N) is 2. The van der Waals surface area contributed by atoms with Gasteiger partial charge in [-0.1, -0.05) is 6.92 Å². The second-order valence-corrected chi connectivity index (χ2v) is 7.00. The van der Waals surface area contributed by atoms with Crippen LogP contribution in [0.3, 0.4) is 0 Å². The lowest BCUT2D eigenvalue weighted by Gasteiger charge is -2.30. The maximum atomic E-state index is 4.46. The van der Waals surface area contributed by atoms with Crippen LogP contribution in [0.2, 0.25) is 0 Å². The summed E-state index contributed by atoms with van der Waals surface area (Å²) in [6.45, 7) is 11.9. The molecule has 0 aliphatic carbocycles. The number of hydrogen-bond donors (Lipinski definition) is 2. The normalized spacial score (nSPS) is 16.6. The molecule has 0 aromatic carbocycles. The molecule has 25 heavy (non-hydrogen) atoms. The molecule has 1 aromatic heterocycles. The Morgan fingerprint density at radius 2 is 1.92 bits per heavy atom. The van der Waals surface area contributed by atoms with E-state index in [2.05, 4.69) is 46.4 Å². The zero-order valence-electron chi connectivity index (χ0n) is 16.4. The van der Waals surface area contributed by atoms with E-state index < -0.39 is 0 Å². The predicted octanol–water partition coefficient (Wildman–Crippen LogP) is 2.44. The van der Waals surface area contributed by atoms with Crippen molar-refractivity contribution in [1.29, 1.82) is 0 Å². The highest BCUT2D eigenvalue weighted by Gasteiger charge is 2.15. The van der Waals surface area contributed by atoms with Gasteiger partial charge in [-0.05, 0) is 58.7 Å². The molecule has 0 saturated carbocycles. The first kappa shape index (κ1) is 22.2. The second-order valence-electron chi connectivity index (χ2n) is 7.00. The molecule has 2 heterocycles. The lowest BCUT2D eigenvalue weighted by molar-refractivity contribution is 0.191. The minimum absolute atomic E-state index is 0. The van der Waals surface area contributed by atoms with Gasteiger partial charge in [-0.2, -0.15) is 5.10 Å². The maximum absolute atomic E-state index is 4.46. The largest absolute Gasteiger partial charge is 0.356 e. The van der Waals surface area contributed by atoms with Gasteiger partial charge < -0.3 is 15.5 Å². The van der Waals surface area contributed by atoms with Gasteiger partial charge in [0, 0.05) is 38.4 Å². The summed E-state index contributed by atoms with van der Waals surface area (Å²) in [6, 6.07) is 0. The molecule has 144 valence electrons. The van der Waals surface area contributed by atoms with E-state index in [1.807, 2.05) is 18.8 Å².